The summed E-state index contributed by atoms with van der Waals surface area (Å²) in [5.41, 5.74) is 0.178. The number of hydrogen-bond acceptors (Lipinski definition) is 3. The Balaban J connectivity index is 2.99. The number of nitrogens with one attached hydrogen (secondary N) is 1. The van der Waals surface area contributed by atoms with Gasteiger partial charge in [0, 0.05) is 24.8 Å². The number of nitrogens with zero attached hydrogens (tertiary/aromatic N) is 2. The maximum absolute atomic E-state index is 12.5. The Morgan fingerprint density at radius 1 is 1.47 bits per heavy atom. The van der Waals surface area contributed by atoms with Crippen molar-refractivity contribution in [3.63, 3.8) is 0 Å². The number of halogens is 3. The van der Waals surface area contributed by atoms with Crippen molar-refractivity contribution in [3.05, 3.63) is 23.9 Å². The van der Waals surface area contributed by atoms with Crippen LogP contribution in [0.25, 0.3) is 0 Å². The molecule has 0 unspecified atom stereocenters. The summed E-state index contributed by atoms with van der Waals surface area (Å²) in [4.78, 5) is 16.8. The standard InChI is InChI=1S/C12H16F3N3O/c1-8(2)18(7-12(13,14)15)11(19)9-4-5-17-10(6-9)16-3/h4-6,8H,7H2,1-3H3,(H,16,17). The molecule has 1 rings (SSSR count). The van der Waals surface area contributed by atoms with E-state index in [4.69, 9.17) is 0 Å². The largest absolute Gasteiger partial charge is 0.406 e. The number of pyridine rings is 1. The maximum Gasteiger partial charge on any atom is 0.406 e. The van der Waals surface area contributed by atoms with Crippen LogP contribution in [0.4, 0.5) is 19.0 Å². The number of rotatable bonds is 4. The molecule has 0 fully saturated rings. The van der Waals surface area contributed by atoms with Crippen molar-refractivity contribution in [1.29, 1.82) is 0 Å². The minimum atomic E-state index is -4.42. The van der Waals surface area contributed by atoms with E-state index in [0.717, 1.165) is 4.90 Å². The van der Waals surface area contributed by atoms with E-state index >= 15 is 0 Å². The zero-order valence-corrected chi connectivity index (χ0v) is 11.0. The van der Waals surface area contributed by atoms with Crippen molar-refractivity contribution >= 4 is 11.7 Å². The summed E-state index contributed by atoms with van der Waals surface area (Å²) in [6.07, 6.45) is -3.04. The molecule has 0 spiro atoms. The summed E-state index contributed by atoms with van der Waals surface area (Å²) in [7, 11) is 1.62. The molecule has 1 heterocycles. The van der Waals surface area contributed by atoms with Crippen LogP contribution in [-0.4, -0.2) is 41.6 Å². The molecule has 0 aliphatic rings. The summed E-state index contributed by atoms with van der Waals surface area (Å²) in [5, 5.41) is 2.73. The first-order chi connectivity index (χ1) is 8.74. The molecule has 0 bridgehead atoms. The minimum Gasteiger partial charge on any atom is -0.373 e. The molecule has 0 saturated heterocycles. The van der Waals surface area contributed by atoms with Gasteiger partial charge in [-0.25, -0.2) is 4.98 Å². The van der Waals surface area contributed by atoms with E-state index in [9.17, 15) is 18.0 Å². The molecular weight excluding hydrogens is 259 g/mol. The van der Waals surface area contributed by atoms with E-state index in [1.165, 1.54) is 18.3 Å². The van der Waals surface area contributed by atoms with Gasteiger partial charge in [-0.1, -0.05) is 0 Å². The molecule has 4 nitrogen and oxygen atoms in total. The van der Waals surface area contributed by atoms with Gasteiger partial charge in [0.25, 0.3) is 5.91 Å². The van der Waals surface area contributed by atoms with E-state index in [-0.39, 0.29) is 5.56 Å². The third-order valence-corrected chi connectivity index (χ3v) is 2.50. The lowest BCUT2D eigenvalue weighted by molar-refractivity contribution is -0.143. The van der Waals surface area contributed by atoms with Crippen LogP contribution in [-0.2, 0) is 0 Å². The van der Waals surface area contributed by atoms with Crippen LogP contribution in [0, 0.1) is 0 Å². The molecule has 106 valence electrons. The van der Waals surface area contributed by atoms with E-state index < -0.39 is 24.7 Å². The molecule has 0 aliphatic carbocycles. The molecule has 1 amide bonds. The highest BCUT2D eigenvalue weighted by Gasteiger charge is 2.34. The van der Waals surface area contributed by atoms with Crippen LogP contribution in [0.15, 0.2) is 18.3 Å². The highest BCUT2D eigenvalue weighted by molar-refractivity contribution is 5.95. The van der Waals surface area contributed by atoms with E-state index in [0.29, 0.717) is 5.82 Å². The fraction of sp³-hybridized carbons (Fsp3) is 0.500. The first-order valence-electron chi connectivity index (χ1n) is 5.76. The molecule has 0 radical (unpaired) electrons. The van der Waals surface area contributed by atoms with Crippen molar-refractivity contribution in [2.24, 2.45) is 0 Å². The van der Waals surface area contributed by atoms with Gasteiger partial charge in [-0.3, -0.25) is 4.79 Å². The normalized spacial score (nSPS) is 11.5. The number of aromatic nitrogens is 1. The van der Waals surface area contributed by atoms with Gasteiger partial charge in [-0.15, -0.1) is 0 Å². The Bertz CT molecular complexity index is 446. The minimum absolute atomic E-state index is 0.178. The second kappa shape index (κ2) is 5.90. The van der Waals surface area contributed by atoms with Crippen molar-refractivity contribution in [1.82, 2.24) is 9.88 Å². The van der Waals surface area contributed by atoms with Gasteiger partial charge in [-0.05, 0) is 26.0 Å². The summed E-state index contributed by atoms with van der Waals surface area (Å²) < 4.78 is 37.4. The van der Waals surface area contributed by atoms with Crippen molar-refractivity contribution in [2.45, 2.75) is 26.1 Å². The number of amides is 1. The Morgan fingerprint density at radius 3 is 2.58 bits per heavy atom. The lowest BCUT2D eigenvalue weighted by Gasteiger charge is -2.27. The second-order valence-electron chi connectivity index (χ2n) is 4.32. The van der Waals surface area contributed by atoms with Gasteiger partial charge in [-0.2, -0.15) is 13.2 Å². The first-order valence-corrected chi connectivity index (χ1v) is 5.76. The summed E-state index contributed by atoms with van der Waals surface area (Å²) in [6, 6.07) is 2.28. The number of carbonyl (C=O) groups is 1. The van der Waals surface area contributed by atoms with Crippen LogP contribution in [0.2, 0.25) is 0 Å². The number of hydrogen-bond donors (Lipinski definition) is 1. The van der Waals surface area contributed by atoms with E-state index in [1.807, 2.05) is 0 Å². The molecule has 0 aromatic carbocycles. The number of carbonyl (C=O) groups excluding carboxylic acids is 1. The van der Waals surface area contributed by atoms with E-state index in [2.05, 4.69) is 10.3 Å². The van der Waals surface area contributed by atoms with Gasteiger partial charge in [0.15, 0.2) is 0 Å². The monoisotopic (exact) mass is 275 g/mol. The Hall–Kier alpha value is -1.79. The van der Waals surface area contributed by atoms with Crippen LogP contribution in [0.5, 0.6) is 0 Å². The van der Waals surface area contributed by atoms with Crippen LogP contribution in [0.1, 0.15) is 24.2 Å². The van der Waals surface area contributed by atoms with Crippen LogP contribution >= 0.6 is 0 Å². The molecule has 7 heteroatoms. The van der Waals surface area contributed by atoms with Crippen molar-refractivity contribution < 1.29 is 18.0 Å². The van der Waals surface area contributed by atoms with Gasteiger partial charge >= 0.3 is 6.18 Å². The lowest BCUT2D eigenvalue weighted by Crippen LogP contribution is -2.43. The lowest BCUT2D eigenvalue weighted by atomic mass is 10.2. The molecule has 0 atom stereocenters. The Labute approximate surface area is 109 Å². The molecule has 1 aromatic rings. The SMILES string of the molecule is CNc1cc(C(=O)N(CC(F)(F)F)C(C)C)ccn1. The van der Waals surface area contributed by atoms with Crippen LogP contribution in [0.3, 0.4) is 0 Å². The second-order valence-corrected chi connectivity index (χ2v) is 4.32. The van der Waals surface area contributed by atoms with E-state index in [1.54, 1.807) is 20.9 Å². The van der Waals surface area contributed by atoms with Crippen LogP contribution < -0.4 is 5.32 Å². The zero-order valence-electron chi connectivity index (χ0n) is 11.0. The summed E-state index contributed by atoms with van der Waals surface area (Å²) in [6.45, 7) is 1.83. The quantitative estimate of drug-likeness (QED) is 0.918. The Morgan fingerprint density at radius 2 is 2.11 bits per heavy atom. The maximum atomic E-state index is 12.5. The highest BCUT2D eigenvalue weighted by Crippen LogP contribution is 2.20. The Kier molecular flexibility index (Phi) is 4.74. The van der Waals surface area contributed by atoms with Gasteiger partial charge in [0.2, 0.25) is 0 Å². The van der Waals surface area contributed by atoms with Gasteiger partial charge in [0.05, 0.1) is 0 Å². The zero-order chi connectivity index (χ0) is 14.6. The first kappa shape index (κ1) is 15.3. The van der Waals surface area contributed by atoms with Gasteiger partial charge < -0.3 is 10.2 Å². The average molecular weight is 275 g/mol. The third kappa shape index (κ3) is 4.42. The molecule has 0 aliphatic heterocycles. The number of alkyl halides is 3. The molecule has 19 heavy (non-hydrogen) atoms. The molecule has 1 N–H and O–H groups in total. The van der Waals surface area contributed by atoms with Crippen molar-refractivity contribution in [3.8, 4) is 0 Å². The predicted octanol–water partition coefficient (Wildman–Crippen LogP) is 2.54. The third-order valence-electron chi connectivity index (χ3n) is 2.50. The highest BCUT2D eigenvalue weighted by atomic mass is 19.4. The molecule has 0 saturated carbocycles. The topological polar surface area (TPSA) is 45.2 Å². The summed E-state index contributed by atoms with van der Waals surface area (Å²) >= 11 is 0. The number of anilines is 1. The molecule has 1 aromatic heterocycles. The van der Waals surface area contributed by atoms with Gasteiger partial charge in [0.1, 0.15) is 12.4 Å². The average Bonchev–Trinajstić information content (AvgIpc) is 2.34. The van der Waals surface area contributed by atoms with Crippen molar-refractivity contribution in [2.75, 3.05) is 18.9 Å². The predicted molar refractivity (Wildman–Crippen MR) is 66.0 cm³/mol. The fourth-order valence-corrected chi connectivity index (χ4v) is 1.55. The molecular formula is C12H16F3N3O. The fourth-order valence-electron chi connectivity index (χ4n) is 1.55. The summed E-state index contributed by atoms with van der Waals surface area (Å²) in [5.74, 6) is -0.229. The smallest absolute Gasteiger partial charge is 0.373 e.